The maximum atomic E-state index is 11.5. The van der Waals surface area contributed by atoms with E-state index in [1.54, 1.807) is 24.4 Å². The van der Waals surface area contributed by atoms with Crippen LogP contribution in [-0.4, -0.2) is 21.3 Å². The maximum Gasteiger partial charge on any atom is 0.405 e. The van der Waals surface area contributed by atoms with Crippen molar-refractivity contribution in [3.8, 4) is 17.3 Å². The van der Waals surface area contributed by atoms with Crippen LogP contribution in [0.3, 0.4) is 0 Å². The first kappa shape index (κ1) is 18.2. The Hall–Kier alpha value is -4.18. The summed E-state index contributed by atoms with van der Waals surface area (Å²) in [5.41, 5.74) is 3.86. The summed E-state index contributed by atoms with van der Waals surface area (Å²) in [6.07, 6.45) is 0.944. The van der Waals surface area contributed by atoms with Gasteiger partial charge >= 0.3 is 6.09 Å². The van der Waals surface area contributed by atoms with Gasteiger partial charge in [0.1, 0.15) is 5.69 Å². The van der Waals surface area contributed by atoms with Crippen molar-refractivity contribution in [2.24, 2.45) is 0 Å². The molecule has 0 aliphatic carbocycles. The van der Waals surface area contributed by atoms with Crippen molar-refractivity contribution in [1.82, 2.24) is 15.5 Å². The largest absolute Gasteiger partial charge is 0.465 e. The zero-order chi connectivity index (χ0) is 20.2. The Morgan fingerprint density at radius 1 is 1.17 bits per heavy atom. The molecule has 4 rings (SSSR count). The number of aromatic nitrogens is 2. The third-order valence-electron chi connectivity index (χ3n) is 4.63. The van der Waals surface area contributed by atoms with Crippen LogP contribution in [0.15, 0.2) is 71.4 Å². The van der Waals surface area contributed by atoms with E-state index in [1.807, 2.05) is 42.5 Å². The van der Waals surface area contributed by atoms with Gasteiger partial charge in [-0.3, -0.25) is 4.98 Å². The van der Waals surface area contributed by atoms with Crippen molar-refractivity contribution in [2.75, 3.05) is 0 Å². The summed E-state index contributed by atoms with van der Waals surface area (Å²) in [6.45, 7) is 0. The van der Waals surface area contributed by atoms with E-state index in [0.717, 1.165) is 22.2 Å². The number of pyridine rings is 1. The molecule has 7 nitrogen and oxygen atoms in total. The molecule has 0 bridgehead atoms. The van der Waals surface area contributed by atoms with Gasteiger partial charge in [0.05, 0.1) is 17.7 Å². The SMILES string of the molecule is N#Cc1ccc2c(-c3ccccc3C(Cc3ccccn3)NC(=O)O)noc2c1. The van der Waals surface area contributed by atoms with Crippen LogP contribution in [0.5, 0.6) is 0 Å². The topological polar surface area (TPSA) is 112 Å². The number of carboxylic acid groups (broad SMARTS) is 1. The van der Waals surface area contributed by atoms with Gasteiger partial charge in [0.25, 0.3) is 0 Å². The van der Waals surface area contributed by atoms with Crippen molar-refractivity contribution >= 4 is 17.1 Å². The number of hydrogen-bond acceptors (Lipinski definition) is 5. The van der Waals surface area contributed by atoms with E-state index in [-0.39, 0.29) is 0 Å². The van der Waals surface area contributed by atoms with Crippen LogP contribution in [0, 0.1) is 11.3 Å². The summed E-state index contributed by atoms with van der Waals surface area (Å²) >= 11 is 0. The predicted octanol–water partition coefficient (Wildman–Crippen LogP) is 4.31. The summed E-state index contributed by atoms with van der Waals surface area (Å²) < 4.78 is 5.43. The summed E-state index contributed by atoms with van der Waals surface area (Å²) in [7, 11) is 0. The number of hydrogen-bond donors (Lipinski definition) is 2. The van der Waals surface area contributed by atoms with Crippen molar-refractivity contribution in [2.45, 2.75) is 12.5 Å². The summed E-state index contributed by atoms with van der Waals surface area (Å²) in [6, 6.07) is 19.7. The average Bonchev–Trinajstić information content (AvgIpc) is 3.16. The molecular formula is C22H16N4O3. The van der Waals surface area contributed by atoms with Crippen LogP contribution in [-0.2, 0) is 6.42 Å². The van der Waals surface area contributed by atoms with Crippen LogP contribution >= 0.6 is 0 Å². The Morgan fingerprint density at radius 3 is 2.76 bits per heavy atom. The monoisotopic (exact) mass is 384 g/mol. The standard InChI is InChI=1S/C22H16N4O3/c23-13-14-8-9-18-20(11-14)29-26-21(18)17-7-2-1-6-16(17)19(25-22(27)28)12-15-5-3-4-10-24-15/h1-11,19,25H,12H2,(H,27,28). The minimum absolute atomic E-state index is 0.387. The summed E-state index contributed by atoms with van der Waals surface area (Å²) in [5.74, 6) is 0. The first-order chi connectivity index (χ1) is 14.2. The Balaban J connectivity index is 1.80. The molecule has 2 aromatic carbocycles. The molecule has 2 aromatic heterocycles. The van der Waals surface area contributed by atoms with E-state index < -0.39 is 12.1 Å². The lowest BCUT2D eigenvalue weighted by atomic mass is 9.93. The molecular weight excluding hydrogens is 368 g/mol. The number of nitrogens with zero attached hydrogens (tertiary/aromatic N) is 3. The van der Waals surface area contributed by atoms with E-state index in [9.17, 15) is 9.90 Å². The lowest BCUT2D eigenvalue weighted by Crippen LogP contribution is -2.29. The lowest BCUT2D eigenvalue weighted by molar-refractivity contribution is 0.190. The molecule has 0 aliphatic rings. The fourth-order valence-electron chi connectivity index (χ4n) is 3.33. The summed E-state index contributed by atoms with van der Waals surface area (Å²) in [4.78, 5) is 15.8. The predicted molar refractivity (Wildman–Crippen MR) is 106 cm³/mol. The molecule has 1 atom stereocenters. The molecule has 0 radical (unpaired) electrons. The number of benzene rings is 2. The first-order valence-corrected chi connectivity index (χ1v) is 8.94. The molecule has 142 valence electrons. The molecule has 1 unspecified atom stereocenters. The van der Waals surface area contributed by atoms with Gasteiger partial charge in [0.15, 0.2) is 5.58 Å². The molecule has 0 saturated carbocycles. The number of rotatable bonds is 5. The van der Waals surface area contributed by atoms with Crippen LogP contribution in [0.2, 0.25) is 0 Å². The number of fused-ring (bicyclic) bond motifs is 1. The van der Waals surface area contributed by atoms with Crippen molar-refractivity contribution in [3.05, 3.63) is 83.7 Å². The second-order valence-corrected chi connectivity index (χ2v) is 6.47. The number of nitriles is 1. The van der Waals surface area contributed by atoms with Crippen molar-refractivity contribution in [1.29, 1.82) is 5.26 Å². The van der Waals surface area contributed by atoms with Gasteiger partial charge in [-0.1, -0.05) is 35.5 Å². The van der Waals surface area contributed by atoms with Crippen molar-refractivity contribution in [3.63, 3.8) is 0 Å². The molecule has 1 amide bonds. The zero-order valence-corrected chi connectivity index (χ0v) is 15.2. The van der Waals surface area contributed by atoms with Crippen LogP contribution < -0.4 is 5.32 Å². The number of amides is 1. The highest BCUT2D eigenvalue weighted by Crippen LogP contribution is 2.34. The molecule has 0 saturated heterocycles. The van der Waals surface area contributed by atoms with Crippen LogP contribution in [0.1, 0.15) is 22.9 Å². The molecule has 0 aliphatic heterocycles. The molecule has 2 N–H and O–H groups in total. The van der Waals surface area contributed by atoms with E-state index in [0.29, 0.717) is 23.3 Å². The van der Waals surface area contributed by atoms with Gasteiger partial charge in [-0.05, 0) is 29.8 Å². The Morgan fingerprint density at radius 2 is 2.00 bits per heavy atom. The molecule has 29 heavy (non-hydrogen) atoms. The van der Waals surface area contributed by atoms with Crippen LogP contribution in [0.4, 0.5) is 4.79 Å². The minimum atomic E-state index is -1.12. The highest BCUT2D eigenvalue weighted by atomic mass is 16.5. The van der Waals surface area contributed by atoms with Gasteiger partial charge in [0, 0.05) is 35.3 Å². The number of carbonyl (C=O) groups is 1. The van der Waals surface area contributed by atoms with Gasteiger partial charge in [-0.15, -0.1) is 0 Å². The second kappa shape index (κ2) is 7.82. The average molecular weight is 384 g/mol. The smallest absolute Gasteiger partial charge is 0.405 e. The third kappa shape index (κ3) is 3.77. The fourth-order valence-corrected chi connectivity index (χ4v) is 3.33. The Kier molecular flexibility index (Phi) is 4.91. The summed E-state index contributed by atoms with van der Waals surface area (Å²) in [5, 5.41) is 26.0. The minimum Gasteiger partial charge on any atom is -0.465 e. The molecule has 0 spiro atoms. The van der Waals surface area contributed by atoms with Gasteiger partial charge in [-0.2, -0.15) is 5.26 Å². The second-order valence-electron chi connectivity index (χ2n) is 6.47. The van der Waals surface area contributed by atoms with E-state index >= 15 is 0 Å². The highest BCUT2D eigenvalue weighted by Gasteiger charge is 2.22. The molecule has 4 aromatic rings. The molecule has 7 heteroatoms. The van der Waals surface area contributed by atoms with Crippen LogP contribution in [0.25, 0.3) is 22.2 Å². The zero-order valence-electron chi connectivity index (χ0n) is 15.2. The van der Waals surface area contributed by atoms with E-state index in [4.69, 9.17) is 9.78 Å². The third-order valence-corrected chi connectivity index (χ3v) is 4.63. The van der Waals surface area contributed by atoms with Gasteiger partial charge in [0.2, 0.25) is 0 Å². The van der Waals surface area contributed by atoms with Crippen molar-refractivity contribution < 1.29 is 14.4 Å². The Bertz CT molecular complexity index is 1210. The lowest BCUT2D eigenvalue weighted by Gasteiger charge is -2.20. The van der Waals surface area contributed by atoms with E-state index in [1.165, 1.54) is 0 Å². The maximum absolute atomic E-state index is 11.5. The fraction of sp³-hybridized carbons (Fsp3) is 0.0909. The quantitative estimate of drug-likeness (QED) is 0.530. The molecule has 2 heterocycles. The Labute approximate surface area is 166 Å². The molecule has 0 fully saturated rings. The highest BCUT2D eigenvalue weighted by molar-refractivity contribution is 5.93. The normalized spacial score (nSPS) is 11.7. The van der Waals surface area contributed by atoms with Gasteiger partial charge < -0.3 is 14.9 Å². The van der Waals surface area contributed by atoms with Gasteiger partial charge in [-0.25, -0.2) is 4.79 Å². The number of nitrogens with one attached hydrogen (secondary N) is 1. The van der Waals surface area contributed by atoms with E-state index in [2.05, 4.69) is 21.5 Å². The first-order valence-electron chi connectivity index (χ1n) is 8.94.